The molecule has 2 heterocycles. The van der Waals surface area contributed by atoms with E-state index in [4.69, 9.17) is 0 Å². The van der Waals surface area contributed by atoms with Crippen molar-refractivity contribution in [3.05, 3.63) is 24.3 Å². The molecule has 2 aliphatic heterocycles. The summed E-state index contributed by atoms with van der Waals surface area (Å²) in [6.45, 7) is 2.52. The van der Waals surface area contributed by atoms with Crippen LogP contribution in [0.3, 0.4) is 0 Å². The van der Waals surface area contributed by atoms with E-state index in [-0.39, 0.29) is 16.7 Å². The van der Waals surface area contributed by atoms with E-state index in [1.165, 1.54) is 16.4 Å². The summed E-state index contributed by atoms with van der Waals surface area (Å²) < 4.78 is 27.3. The van der Waals surface area contributed by atoms with Crippen molar-refractivity contribution in [3.63, 3.8) is 0 Å². The van der Waals surface area contributed by atoms with Crippen LogP contribution in [0.15, 0.2) is 29.2 Å². The zero-order valence-electron chi connectivity index (χ0n) is 18.3. The van der Waals surface area contributed by atoms with Gasteiger partial charge in [0.05, 0.1) is 4.90 Å². The highest BCUT2D eigenvalue weighted by Crippen LogP contribution is 2.38. The number of carbonyl (C=O) groups excluding carboxylic acids is 3. The van der Waals surface area contributed by atoms with Crippen LogP contribution < -0.4 is 10.6 Å². The molecule has 2 atom stereocenters. The number of carbonyl (C=O) groups is 3. The molecule has 1 aliphatic carbocycles. The lowest BCUT2D eigenvalue weighted by Gasteiger charge is -2.36. The van der Waals surface area contributed by atoms with Gasteiger partial charge >= 0.3 is 6.03 Å². The van der Waals surface area contributed by atoms with E-state index in [2.05, 4.69) is 10.6 Å². The fourth-order valence-electron chi connectivity index (χ4n) is 4.97. The minimum absolute atomic E-state index is 0.0115. The summed E-state index contributed by atoms with van der Waals surface area (Å²) in [5.74, 6) is -0.898. The third-order valence-corrected chi connectivity index (χ3v) is 8.77. The van der Waals surface area contributed by atoms with E-state index in [9.17, 15) is 22.8 Å². The summed E-state index contributed by atoms with van der Waals surface area (Å²) in [6.07, 6.45) is 5.99. The molecule has 0 bridgehead atoms. The third kappa shape index (κ3) is 4.13. The minimum atomic E-state index is -3.63. The molecule has 4 rings (SSSR count). The van der Waals surface area contributed by atoms with Crippen molar-refractivity contribution in [2.24, 2.45) is 5.92 Å². The van der Waals surface area contributed by atoms with Crippen molar-refractivity contribution in [3.8, 4) is 0 Å². The van der Waals surface area contributed by atoms with E-state index in [1.807, 2.05) is 6.92 Å². The molecule has 2 saturated heterocycles. The molecule has 1 aromatic rings. The van der Waals surface area contributed by atoms with Crippen LogP contribution in [0.25, 0.3) is 0 Å². The van der Waals surface area contributed by atoms with Crippen molar-refractivity contribution in [1.29, 1.82) is 0 Å². The van der Waals surface area contributed by atoms with E-state index in [0.717, 1.165) is 43.4 Å². The number of hydrogen-bond acceptors (Lipinski definition) is 5. The van der Waals surface area contributed by atoms with Crippen LogP contribution in [-0.4, -0.2) is 60.6 Å². The number of nitrogens with one attached hydrogen (secondary N) is 2. The first-order valence-electron chi connectivity index (χ1n) is 11.3. The van der Waals surface area contributed by atoms with E-state index >= 15 is 0 Å². The van der Waals surface area contributed by atoms with Crippen LogP contribution in [0, 0.1) is 5.92 Å². The second-order valence-electron chi connectivity index (χ2n) is 8.98. The average Bonchev–Trinajstić information content (AvgIpc) is 3.01. The smallest absolute Gasteiger partial charge is 0.324 e. The Kier molecular flexibility index (Phi) is 6.26. The number of nitrogens with zero attached hydrogens (tertiary/aromatic N) is 2. The predicted octanol–water partition coefficient (Wildman–Crippen LogP) is 2.30. The Morgan fingerprint density at radius 2 is 1.91 bits per heavy atom. The molecule has 4 amide bonds. The lowest BCUT2D eigenvalue weighted by atomic mass is 9.73. The van der Waals surface area contributed by atoms with Crippen LogP contribution in [-0.2, 0) is 19.6 Å². The first-order valence-corrected chi connectivity index (χ1v) is 12.7. The van der Waals surface area contributed by atoms with Crippen LogP contribution >= 0.6 is 0 Å². The molecule has 0 aromatic heterocycles. The molecule has 0 unspecified atom stereocenters. The Morgan fingerprint density at radius 1 is 1.16 bits per heavy atom. The summed E-state index contributed by atoms with van der Waals surface area (Å²) in [6, 6.07) is 5.52. The second-order valence-corrected chi connectivity index (χ2v) is 10.9. The minimum Gasteiger partial charge on any atom is -0.324 e. The van der Waals surface area contributed by atoms with Gasteiger partial charge in [0.25, 0.3) is 5.91 Å². The Bertz CT molecular complexity index is 1020. The highest BCUT2D eigenvalue weighted by atomic mass is 32.2. The zero-order valence-corrected chi connectivity index (χ0v) is 19.1. The van der Waals surface area contributed by atoms with Gasteiger partial charge in [-0.2, -0.15) is 4.31 Å². The van der Waals surface area contributed by atoms with Gasteiger partial charge in [0.1, 0.15) is 12.1 Å². The van der Waals surface area contributed by atoms with Crippen molar-refractivity contribution >= 4 is 33.6 Å². The number of rotatable bonds is 5. The number of amides is 4. The van der Waals surface area contributed by atoms with Gasteiger partial charge in [-0.15, -0.1) is 0 Å². The number of sulfonamides is 1. The van der Waals surface area contributed by atoms with Crippen LogP contribution in [0.4, 0.5) is 10.5 Å². The number of piperidine rings is 1. The van der Waals surface area contributed by atoms with E-state index in [1.54, 1.807) is 12.1 Å². The molecule has 9 nitrogen and oxygen atoms in total. The quantitative estimate of drug-likeness (QED) is 0.652. The van der Waals surface area contributed by atoms with Gasteiger partial charge in [-0.25, -0.2) is 13.2 Å². The first-order chi connectivity index (χ1) is 15.2. The van der Waals surface area contributed by atoms with Gasteiger partial charge in [0, 0.05) is 18.8 Å². The summed E-state index contributed by atoms with van der Waals surface area (Å²) >= 11 is 0. The van der Waals surface area contributed by atoms with Gasteiger partial charge in [0.2, 0.25) is 15.9 Å². The molecule has 3 aliphatic rings. The van der Waals surface area contributed by atoms with Crippen molar-refractivity contribution in [2.45, 2.75) is 62.3 Å². The maximum Gasteiger partial charge on any atom is 0.325 e. The molecule has 10 heteroatoms. The summed E-state index contributed by atoms with van der Waals surface area (Å²) in [5, 5.41) is 5.46. The lowest BCUT2D eigenvalue weighted by molar-refractivity contribution is -0.136. The molecule has 0 radical (unpaired) electrons. The number of anilines is 1. The van der Waals surface area contributed by atoms with Crippen molar-refractivity contribution in [2.75, 3.05) is 25.0 Å². The van der Waals surface area contributed by atoms with E-state index in [0.29, 0.717) is 25.2 Å². The maximum absolute atomic E-state index is 13.0. The first kappa shape index (κ1) is 22.7. The van der Waals surface area contributed by atoms with E-state index < -0.39 is 34.0 Å². The molecule has 32 heavy (non-hydrogen) atoms. The number of imide groups is 1. The SMILES string of the molecule is C[C@H]1CCCC[C@]12NC(=O)N(CC(=O)Nc1cccc(S(=O)(=O)N3CCCCC3)c1)C2=O. The molecule has 3 fully saturated rings. The van der Waals surface area contributed by atoms with Gasteiger partial charge in [-0.1, -0.05) is 32.3 Å². The van der Waals surface area contributed by atoms with Crippen LogP contribution in [0.5, 0.6) is 0 Å². The van der Waals surface area contributed by atoms with Crippen LogP contribution in [0.2, 0.25) is 0 Å². The molecular weight excluding hydrogens is 432 g/mol. The largest absolute Gasteiger partial charge is 0.325 e. The molecule has 1 saturated carbocycles. The number of hydrogen-bond donors (Lipinski definition) is 2. The molecule has 2 N–H and O–H groups in total. The molecule has 1 aromatic carbocycles. The second kappa shape index (κ2) is 8.82. The summed E-state index contributed by atoms with van der Waals surface area (Å²) in [7, 11) is -3.63. The molecule has 1 spiro atoms. The zero-order chi connectivity index (χ0) is 22.9. The highest BCUT2D eigenvalue weighted by molar-refractivity contribution is 7.89. The van der Waals surface area contributed by atoms with Gasteiger partial charge in [0.15, 0.2) is 0 Å². The Hall–Kier alpha value is -2.46. The highest BCUT2D eigenvalue weighted by Gasteiger charge is 2.55. The van der Waals surface area contributed by atoms with Crippen molar-refractivity contribution in [1.82, 2.24) is 14.5 Å². The number of urea groups is 1. The molecular formula is C22H30N4O5S. The Morgan fingerprint density at radius 3 is 2.62 bits per heavy atom. The standard InChI is InChI=1S/C22H30N4O5S/c1-16-8-3-4-11-22(16)20(28)26(21(29)24-22)15-19(27)23-17-9-7-10-18(14-17)32(30,31)25-12-5-2-6-13-25/h7,9-10,14,16H,2-6,8,11-13,15H2,1H3,(H,23,27)(H,24,29)/t16-,22-/m0/s1. The average molecular weight is 463 g/mol. The molecule has 174 valence electrons. The third-order valence-electron chi connectivity index (χ3n) is 6.87. The summed E-state index contributed by atoms with van der Waals surface area (Å²) in [4.78, 5) is 39.2. The van der Waals surface area contributed by atoms with Gasteiger partial charge < -0.3 is 10.6 Å². The van der Waals surface area contributed by atoms with Gasteiger partial charge in [-0.05, 0) is 49.8 Å². The van der Waals surface area contributed by atoms with Gasteiger partial charge in [-0.3, -0.25) is 14.5 Å². The fourth-order valence-corrected chi connectivity index (χ4v) is 6.54. The maximum atomic E-state index is 13.0. The van der Waals surface area contributed by atoms with Crippen LogP contribution in [0.1, 0.15) is 51.9 Å². The normalized spacial score (nSPS) is 26.9. The summed E-state index contributed by atoms with van der Waals surface area (Å²) in [5.41, 5.74) is -0.612. The van der Waals surface area contributed by atoms with Crippen molar-refractivity contribution < 1.29 is 22.8 Å². The predicted molar refractivity (Wildman–Crippen MR) is 118 cm³/mol. The fraction of sp³-hybridized carbons (Fsp3) is 0.591. The Labute approximate surface area is 188 Å². The Balaban J connectivity index is 1.44. The monoisotopic (exact) mass is 462 g/mol. The lowest BCUT2D eigenvalue weighted by Crippen LogP contribution is -2.54. The number of benzene rings is 1. The topological polar surface area (TPSA) is 116 Å².